The average molecular weight is 670 g/mol. The molecule has 0 N–H and O–H groups in total. The number of hydrogen-bond donors (Lipinski definition) is 0. The van der Waals surface area contributed by atoms with Gasteiger partial charge >= 0.3 is 0 Å². The highest BCUT2D eigenvalue weighted by Gasteiger charge is 2.28. The fourth-order valence-electron chi connectivity index (χ4n) is 7.80. The number of allylic oxidation sites excluding steroid dienone is 1. The summed E-state index contributed by atoms with van der Waals surface area (Å²) < 4.78 is 6.39. The Morgan fingerprint density at radius 1 is 0.660 bits per heavy atom. The molecule has 0 saturated carbocycles. The number of rotatable bonds is 8. The lowest BCUT2D eigenvalue weighted by atomic mass is 9.79. The van der Waals surface area contributed by atoms with Crippen molar-refractivity contribution in [2.45, 2.75) is 46.5 Å². The number of halogens is 1. The minimum absolute atomic E-state index is 0.0962. The first-order valence-electron chi connectivity index (χ1n) is 17.7. The van der Waals surface area contributed by atoms with E-state index in [4.69, 9.17) is 21.0 Å². The molecule has 0 saturated heterocycles. The van der Waals surface area contributed by atoms with Gasteiger partial charge in [-0.3, -0.25) is 4.99 Å². The highest BCUT2D eigenvalue weighted by Crippen LogP contribution is 2.42. The zero-order valence-electron chi connectivity index (χ0n) is 29.0. The molecule has 1 heterocycles. The summed E-state index contributed by atoms with van der Waals surface area (Å²) in [4.78, 5) is 5.82. The van der Waals surface area contributed by atoms with Crippen molar-refractivity contribution in [3.05, 3.63) is 161 Å². The SMILES string of the molecule is CC/C(C)=C(\N=C(c1cccc2ccccc12)C(CC)C(C)c1cc(Cl)c2oc3ccc4ccccc4c3c2c1)c1cccc2ccccc12. The summed E-state index contributed by atoms with van der Waals surface area (Å²) in [6.07, 6.45) is 1.81. The monoisotopic (exact) mass is 669 g/mol. The first-order chi connectivity index (χ1) is 24.5. The molecule has 0 aliphatic rings. The number of aliphatic imine (C=N–C) groups is 1. The second kappa shape index (κ2) is 13.3. The highest BCUT2D eigenvalue weighted by atomic mass is 35.5. The largest absolute Gasteiger partial charge is 0.454 e. The summed E-state index contributed by atoms with van der Waals surface area (Å²) in [5.41, 5.74) is 8.55. The Bertz CT molecular complexity index is 2610. The van der Waals surface area contributed by atoms with E-state index in [-0.39, 0.29) is 11.8 Å². The van der Waals surface area contributed by atoms with E-state index in [1.165, 1.54) is 54.6 Å². The smallest absolute Gasteiger partial charge is 0.154 e. The number of fused-ring (bicyclic) bond motifs is 7. The fraction of sp³-hybridized carbons (Fsp3) is 0.170. The van der Waals surface area contributed by atoms with Crippen LogP contribution in [0.15, 0.2) is 148 Å². The van der Waals surface area contributed by atoms with E-state index in [1.807, 2.05) is 0 Å². The number of nitrogens with zero attached hydrogens (tertiary/aromatic N) is 1. The van der Waals surface area contributed by atoms with E-state index >= 15 is 0 Å². The van der Waals surface area contributed by atoms with Gasteiger partial charge in [0.25, 0.3) is 0 Å². The Kier molecular flexibility index (Phi) is 8.50. The second-order valence-electron chi connectivity index (χ2n) is 13.5. The van der Waals surface area contributed by atoms with Gasteiger partial charge in [0.2, 0.25) is 0 Å². The minimum Gasteiger partial charge on any atom is -0.454 e. The van der Waals surface area contributed by atoms with Crippen LogP contribution in [0.25, 0.3) is 60.0 Å². The van der Waals surface area contributed by atoms with E-state index in [0.717, 1.165) is 46.2 Å². The Morgan fingerprint density at radius 2 is 1.24 bits per heavy atom. The zero-order valence-corrected chi connectivity index (χ0v) is 29.8. The van der Waals surface area contributed by atoms with Gasteiger partial charge in [0.1, 0.15) is 5.58 Å². The van der Waals surface area contributed by atoms with Gasteiger partial charge in [0, 0.05) is 27.8 Å². The molecule has 8 rings (SSSR count). The van der Waals surface area contributed by atoms with Gasteiger partial charge in [-0.05, 0) is 87.3 Å². The molecule has 1 aromatic heterocycles. The van der Waals surface area contributed by atoms with E-state index in [1.54, 1.807) is 0 Å². The summed E-state index contributed by atoms with van der Waals surface area (Å²) in [6, 6.07) is 47.6. The van der Waals surface area contributed by atoms with Crippen LogP contribution < -0.4 is 0 Å². The molecule has 0 spiro atoms. The fourth-order valence-corrected chi connectivity index (χ4v) is 8.07. The lowest BCUT2D eigenvalue weighted by Crippen LogP contribution is -2.22. The lowest BCUT2D eigenvalue weighted by molar-refractivity contribution is 0.558. The lowest BCUT2D eigenvalue weighted by Gasteiger charge is -2.27. The van der Waals surface area contributed by atoms with E-state index in [9.17, 15) is 0 Å². The summed E-state index contributed by atoms with van der Waals surface area (Å²) in [7, 11) is 0. The third-order valence-electron chi connectivity index (χ3n) is 10.6. The molecule has 2 atom stereocenters. The van der Waals surface area contributed by atoms with Crippen LogP contribution in [-0.2, 0) is 0 Å². The van der Waals surface area contributed by atoms with Crippen molar-refractivity contribution < 1.29 is 4.42 Å². The molecule has 7 aromatic carbocycles. The molecular formula is C47H40ClNO. The molecule has 0 fully saturated rings. The molecule has 3 heteroatoms. The van der Waals surface area contributed by atoms with Gasteiger partial charge in [-0.15, -0.1) is 0 Å². The standard InChI is InChI=1S/C47H40ClNO/c1-5-29(3)45(39-23-13-18-31-15-7-10-20-36(31)39)49-46(40-24-14-19-32-16-8-11-21-37(32)40)35(6-2)30(4)34-27-41-44-38-22-12-9-17-33(38)25-26-43(44)50-47(41)42(48)28-34/h7-28,30,35H,5-6H2,1-4H3/b45-29-,49-46?. The molecule has 2 unspecified atom stereocenters. The van der Waals surface area contributed by atoms with E-state index in [0.29, 0.717) is 5.02 Å². The van der Waals surface area contributed by atoms with E-state index in [2.05, 4.69) is 161 Å². The van der Waals surface area contributed by atoms with Crippen molar-refractivity contribution in [2.75, 3.05) is 0 Å². The van der Waals surface area contributed by atoms with Crippen LogP contribution in [0.1, 0.15) is 63.1 Å². The third kappa shape index (κ3) is 5.49. The highest BCUT2D eigenvalue weighted by molar-refractivity contribution is 6.36. The summed E-state index contributed by atoms with van der Waals surface area (Å²) in [5.74, 6) is 0.203. The van der Waals surface area contributed by atoms with Crippen LogP contribution in [-0.4, -0.2) is 5.71 Å². The van der Waals surface area contributed by atoms with Gasteiger partial charge in [0.05, 0.1) is 16.4 Å². The Morgan fingerprint density at radius 3 is 1.90 bits per heavy atom. The average Bonchev–Trinajstić information content (AvgIpc) is 3.55. The molecule has 0 radical (unpaired) electrons. The topological polar surface area (TPSA) is 25.5 Å². The summed E-state index contributed by atoms with van der Waals surface area (Å²) in [6.45, 7) is 9.08. The molecular weight excluding hydrogens is 630 g/mol. The second-order valence-corrected chi connectivity index (χ2v) is 13.9. The van der Waals surface area contributed by atoms with Crippen molar-refractivity contribution in [1.82, 2.24) is 0 Å². The molecule has 8 aromatic rings. The van der Waals surface area contributed by atoms with Gasteiger partial charge < -0.3 is 4.42 Å². The quantitative estimate of drug-likeness (QED) is 0.148. The van der Waals surface area contributed by atoms with Crippen molar-refractivity contribution in [2.24, 2.45) is 10.9 Å². The van der Waals surface area contributed by atoms with Crippen molar-refractivity contribution in [3.8, 4) is 0 Å². The van der Waals surface area contributed by atoms with Crippen LogP contribution >= 0.6 is 11.6 Å². The van der Waals surface area contributed by atoms with Gasteiger partial charge in [0.15, 0.2) is 5.58 Å². The first-order valence-corrected chi connectivity index (χ1v) is 18.1. The van der Waals surface area contributed by atoms with Crippen LogP contribution in [0, 0.1) is 5.92 Å². The van der Waals surface area contributed by atoms with Gasteiger partial charge in [-0.1, -0.05) is 148 Å². The molecule has 0 aliphatic heterocycles. The molecule has 2 nitrogen and oxygen atoms in total. The Balaban J connectivity index is 1.37. The molecule has 50 heavy (non-hydrogen) atoms. The van der Waals surface area contributed by atoms with Gasteiger partial charge in [-0.25, -0.2) is 0 Å². The number of hydrogen-bond acceptors (Lipinski definition) is 2. The predicted molar refractivity (Wildman–Crippen MR) is 216 cm³/mol. The maximum absolute atomic E-state index is 7.10. The summed E-state index contributed by atoms with van der Waals surface area (Å²) in [5, 5.41) is 10.0. The Labute approximate surface area is 298 Å². The zero-order chi connectivity index (χ0) is 34.4. The molecule has 246 valence electrons. The molecule has 0 aliphatic carbocycles. The maximum atomic E-state index is 7.10. The molecule has 0 amide bonds. The normalized spacial score (nSPS) is 14.1. The van der Waals surface area contributed by atoms with Crippen LogP contribution in [0.4, 0.5) is 0 Å². The van der Waals surface area contributed by atoms with Crippen LogP contribution in [0.5, 0.6) is 0 Å². The first kappa shape index (κ1) is 32.0. The third-order valence-corrected chi connectivity index (χ3v) is 10.9. The number of benzene rings is 7. The number of furan rings is 1. The van der Waals surface area contributed by atoms with Crippen molar-refractivity contribution in [1.29, 1.82) is 0 Å². The minimum atomic E-state index is 0.0962. The van der Waals surface area contributed by atoms with Gasteiger partial charge in [-0.2, -0.15) is 0 Å². The predicted octanol–water partition coefficient (Wildman–Crippen LogP) is 14.2. The van der Waals surface area contributed by atoms with Crippen molar-refractivity contribution in [3.63, 3.8) is 0 Å². The van der Waals surface area contributed by atoms with Crippen LogP contribution in [0.2, 0.25) is 5.02 Å². The van der Waals surface area contributed by atoms with E-state index < -0.39 is 0 Å². The molecule has 0 bridgehead atoms. The maximum Gasteiger partial charge on any atom is 0.154 e. The van der Waals surface area contributed by atoms with Crippen LogP contribution in [0.3, 0.4) is 0 Å². The summed E-state index contributed by atoms with van der Waals surface area (Å²) >= 11 is 7.10. The Hall–Kier alpha value is -5.18. The van der Waals surface area contributed by atoms with Crippen molar-refractivity contribution >= 4 is 77.3 Å².